The van der Waals surface area contributed by atoms with Gasteiger partial charge in [-0.1, -0.05) is 0 Å². The van der Waals surface area contributed by atoms with Crippen LogP contribution in [0, 0.1) is 12.7 Å². The Bertz CT molecular complexity index is 1630. The smallest absolute Gasteiger partial charge is 0.193 e. The number of nitrogens with zero attached hydrogens (tertiary/aromatic N) is 6. The lowest BCUT2D eigenvalue weighted by Crippen LogP contribution is -2.48. The zero-order valence-electron chi connectivity index (χ0n) is 24.4. The molecule has 4 aromatic rings. The van der Waals surface area contributed by atoms with E-state index in [0.717, 1.165) is 93.7 Å². The molecule has 218 valence electrons. The number of pyridine rings is 3. The normalized spacial score (nSPS) is 19.3. The summed E-state index contributed by atoms with van der Waals surface area (Å²) >= 11 is 0. The van der Waals surface area contributed by atoms with Crippen molar-refractivity contribution in [2.45, 2.75) is 70.6 Å². The van der Waals surface area contributed by atoms with Crippen LogP contribution in [0.4, 0.5) is 15.8 Å². The summed E-state index contributed by atoms with van der Waals surface area (Å²) in [6, 6.07) is 12.4. The highest BCUT2D eigenvalue weighted by atomic mass is 19.1. The molecule has 1 aromatic carbocycles. The van der Waals surface area contributed by atoms with Gasteiger partial charge in [-0.15, -0.1) is 0 Å². The van der Waals surface area contributed by atoms with E-state index in [2.05, 4.69) is 53.6 Å². The van der Waals surface area contributed by atoms with Crippen LogP contribution < -0.4 is 15.2 Å². The standard InChI is InChI=1S/C34H39FN6O/c1-24-16-25(10-12-37-24)20-40(29-7-5-15-39(23-29)28-6-4-11-36-19-28)21-26-22-41(27-8-9-27)32-18-33(38-13-2-3-14-38)31(35)17-30(32)34(26)42/h4,6,10-12,16-19,22,27,29H,2-3,5,7-9,13-15,20-21,23H2,1H3. The second-order valence-electron chi connectivity index (χ2n) is 12.3. The van der Waals surface area contributed by atoms with Crippen LogP contribution in [0.2, 0.25) is 0 Å². The van der Waals surface area contributed by atoms with Gasteiger partial charge in [0.15, 0.2) is 5.43 Å². The van der Waals surface area contributed by atoms with Crippen LogP contribution in [0.3, 0.4) is 0 Å². The fourth-order valence-corrected chi connectivity index (χ4v) is 6.88. The molecule has 3 fully saturated rings. The molecule has 0 spiro atoms. The van der Waals surface area contributed by atoms with Gasteiger partial charge in [0.05, 0.1) is 23.1 Å². The van der Waals surface area contributed by atoms with Crippen LogP contribution >= 0.6 is 0 Å². The Labute approximate surface area is 246 Å². The van der Waals surface area contributed by atoms with E-state index in [1.54, 1.807) is 0 Å². The number of benzene rings is 1. The average molecular weight is 567 g/mol. The monoisotopic (exact) mass is 566 g/mol. The molecule has 3 aliphatic rings. The summed E-state index contributed by atoms with van der Waals surface area (Å²) in [7, 11) is 0. The van der Waals surface area contributed by atoms with E-state index in [0.29, 0.717) is 23.7 Å². The fourth-order valence-electron chi connectivity index (χ4n) is 6.88. The summed E-state index contributed by atoms with van der Waals surface area (Å²) in [6.45, 7) is 6.86. The minimum Gasteiger partial charge on any atom is -0.369 e. The van der Waals surface area contributed by atoms with Crippen molar-refractivity contribution in [3.8, 4) is 0 Å². The molecule has 7 rings (SSSR count). The lowest BCUT2D eigenvalue weighted by Gasteiger charge is -2.40. The predicted molar refractivity (Wildman–Crippen MR) is 166 cm³/mol. The Balaban J connectivity index is 1.26. The first kappa shape index (κ1) is 27.1. The van der Waals surface area contributed by atoms with Gasteiger partial charge in [-0.05, 0) is 87.4 Å². The van der Waals surface area contributed by atoms with Gasteiger partial charge in [-0.2, -0.15) is 0 Å². The molecule has 1 atom stereocenters. The molecule has 0 radical (unpaired) electrons. The van der Waals surface area contributed by atoms with Crippen molar-refractivity contribution >= 4 is 22.3 Å². The molecule has 1 aliphatic carbocycles. The lowest BCUT2D eigenvalue weighted by molar-refractivity contribution is 0.158. The third-order valence-corrected chi connectivity index (χ3v) is 9.21. The summed E-state index contributed by atoms with van der Waals surface area (Å²) in [6.07, 6.45) is 14.2. The number of aromatic nitrogens is 3. The largest absolute Gasteiger partial charge is 0.369 e. The van der Waals surface area contributed by atoms with Gasteiger partial charge in [0, 0.05) is 86.6 Å². The molecule has 3 aromatic heterocycles. The zero-order chi connectivity index (χ0) is 28.6. The minimum atomic E-state index is -0.287. The molecule has 42 heavy (non-hydrogen) atoms. The highest BCUT2D eigenvalue weighted by Crippen LogP contribution is 2.38. The van der Waals surface area contributed by atoms with Crippen molar-refractivity contribution in [3.05, 3.63) is 94.0 Å². The number of piperidine rings is 1. The maximum absolute atomic E-state index is 15.5. The molecule has 1 saturated carbocycles. The number of aryl methyl sites for hydroxylation is 1. The van der Waals surface area contributed by atoms with Gasteiger partial charge in [0.25, 0.3) is 0 Å². The number of hydrogen-bond donors (Lipinski definition) is 0. The minimum absolute atomic E-state index is 0.0513. The summed E-state index contributed by atoms with van der Waals surface area (Å²) in [4.78, 5) is 29.8. The first-order valence-corrected chi connectivity index (χ1v) is 15.5. The Hall–Kier alpha value is -3.78. The number of anilines is 2. The van der Waals surface area contributed by atoms with E-state index in [9.17, 15) is 4.79 Å². The SMILES string of the molecule is Cc1cc(CN(Cc2cn(C3CC3)c3cc(N4CCCC4)c(F)cc3c2=O)C2CCCN(c3cccnc3)C2)ccn1. The molecular formula is C34H39FN6O. The number of halogens is 1. The molecular weight excluding hydrogens is 527 g/mol. The number of hydrogen-bond acceptors (Lipinski definition) is 6. The second-order valence-corrected chi connectivity index (χ2v) is 12.3. The molecule has 0 amide bonds. The number of rotatable bonds is 8. The third kappa shape index (κ3) is 5.52. The van der Waals surface area contributed by atoms with Gasteiger partial charge in [-0.25, -0.2) is 4.39 Å². The fraction of sp³-hybridized carbons (Fsp3) is 0.441. The molecule has 8 heteroatoms. The van der Waals surface area contributed by atoms with E-state index in [1.165, 1.54) is 11.6 Å². The van der Waals surface area contributed by atoms with Gasteiger partial charge < -0.3 is 14.4 Å². The second kappa shape index (κ2) is 11.5. The summed E-state index contributed by atoms with van der Waals surface area (Å²) in [5.74, 6) is -0.287. The van der Waals surface area contributed by atoms with Gasteiger partial charge >= 0.3 is 0 Å². The first-order valence-electron chi connectivity index (χ1n) is 15.5. The third-order valence-electron chi connectivity index (χ3n) is 9.21. The predicted octanol–water partition coefficient (Wildman–Crippen LogP) is 5.85. The van der Waals surface area contributed by atoms with Crippen molar-refractivity contribution in [2.24, 2.45) is 0 Å². The van der Waals surface area contributed by atoms with E-state index < -0.39 is 0 Å². The number of fused-ring (bicyclic) bond motifs is 1. The Morgan fingerprint density at radius 2 is 1.81 bits per heavy atom. The molecule has 2 saturated heterocycles. The van der Waals surface area contributed by atoms with Crippen LogP contribution in [0.1, 0.15) is 61.4 Å². The van der Waals surface area contributed by atoms with Crippen molar-refractivity contribution in [2.75, 3.05) is 36.0 Å². The van der Waals surface area contributed by atoms with E-state index in [1.807, 2.05) is 37.6 Å². The van der Waals surface area contributed by atoms with Crippen molar-refractivity contribution in [3.63, 3.8) is 0 Å². The van der Waals surface area contributed by atoms with E-state index in [4.69, 9.17) is 0 Å². The topological polar surface area (TPSA) is 57.5 Å². The Morgan fingerprint density at radius 3 is 2.57 bits per heavy atom. The van der Waals surface area contributed by atoms with Crippen LogP contribution in [0.15, 0.2) is 66.0 Å². The molecule has 0 N–H and O–H groups in total. The van der Waals surface area contributed by atoms with Crippen molar-refractivity contribution in [1.29, 1.82) is 0 Å². The van der Waals surface area contributed by atoms with Crippen LogP contribution in [-0.4, -0.2) is 51.7 Å². The highest BCUT2D eigenvalue weighted by molar-refractivity contribution is 5.84. The summed E-state index contributed by atoms with van der Waals surface area (Å²) < 4.78 is 17.8. The molecule has 5 heterocycles. The van der Waals surface area contributed by atoms with Gasteiger partial charge in [0.1, 0.15) is 5.82 Å². The maximum Gasteiger partial charge on any atom is 0.193 e. The maximum atomic E-state index is 15.5. The van der Waals surface area contributed by atoms with Crippen LogP contribution in [0.25, 0.3) is 10.9 Å². The molecule has 0 bridgehead atoms. The first-order chi connectivity index (χ1) is 20.5. The van der Waals surface area contributed by atoms with E-state index >= 15 is 4.39 Å². The van der Waals surface area contributed by atoms with Gasteiger partial charge in [0.2, 0.25) is 0 Å². The zero-order valence-corrected chi connectivity index (χ0v) is 24.4. The molecule has 7 nitrogen and oxygen atoms in total. The Morgan fingerprint density at radius 1 is 0.976 bits per heavy atom. The van der Waals surface area contributed by atoms with Crippen LogP contribution in [-0.2, 0) is 13.1 Å². The summed E-state index contributed by atoms with van der Waals surface area (Å²) in [5, 5.41) is 0.500. The van der Waals surface area contributed by atoms with Crippen molar-refractivity contribution in [1.82, 2.24) is 19.4 Å². The Kier molecular flexibility index (Phi) is 7.40. The lowest BCUT2D eigenvalue weighted by atomic mass is 10.0. The average Bonchev–Trinajstić information content (AvgIpc) is 3.71. The van der Waals surface area contributed by atoms with E-state index in [-0.39, 0.29) is 17.3 Å². The highest BCUT2D eigenvalue weighted by Gasteiger charge is 2.30. The van der Waals surface area contributed by atoms with Crippen molar-refractivity contribution < 1.29 is 4.39 Å². The summed E-state index contributed by atoms with van der Waals surface area (Å²) in [5.41, 5.74) is 5.49. The molecule has 1 unspecified atom stereocenters. The molecule has 2 aliphatic heterocycles. The quantitative estimate of drug-likeness (QED) is 0.267. The van der Waals surface area contributed by atoms with Crippen LogP contribution in [0.5, 0.6) is 0 Å². The van der Waals surface area contributed by atoms with Gasteiger partial charge in [-0.3, -0.25) is 19.7 Å².